The number of carbonyl (C=O) groups excluding carboxylic acids is 1. The van der Waals surface area contributed by atoms with Gasteiger partial charge in [-0.15, -0.1) is 0 Å². The molecule has 44 heavy (non-hydrogen) atoms. The van der Waals surface area contributed by atoms with Crippen LogP contribution in [0.3, 0.4) is 0 Å². The molecule has 0 aromatic heterocycles. The number of cyclic esters (lactones) is 1. The molecule has 0 saturated carbocycles. The first-order valence-electron chi connectivity index (χ1n) is 15.1. The van der Waals surface area contributed by atoms with E-state index in [9.17, 15) is 9.90 Å². The zero-order valence-electron chi connectivity index (χ0n) is 26.4. The van der Waals surface area contributed by atoms with E-state index in [2.05, 4.69) is 53.8 Å². The predicted molar refractivity (Wildman–Crippen MR) is 176 cm³/mol. The van der Waals surface area contributed by atoms with Gasteiger partial charge in [0.15, 0.2) is 6.10 Å². The average molecular weight is 595 g/mol. The molecule has 4 aromatic rings. The van der Waals surface area contributed by atoms with E-state index in [1.54, 1.807) is 4.90 Å². The SMILES string of the molecule is Cc1cc(-c2cc(C)c(OCC3CN(c4ccc(Cc5ccc(NCOC(C)C)cc5)cc4)C(=O)O3)c(C)c2)cc(C)c1O. The van der Waals surface area contributed by atoms with Crippen LogP contribution in [0.15, 0.2) is 72.8 Å². The Morgan fingerprint density at radius 3 is 1.98 bits per heavy atom. The van der Waals surface area contributed by atoms with E-state index < -0.39 is 0 Å². The van der Waals surface area contributed by atoms with E-state index in [0.29, 0.717) is 19.0 Å². The van der Waals surface area contributed by atoms with Crippen LogP contribution in [0.1, 0.15) is 47.2 Å². The van der Waals surface area contributed by atoms with Crippen molar-refractivity contribution in [1.82, 2.24) is 0 Å². The van der Waals surface area contributed by atoms with E-state index >= 15 is 0 Å². The number of aromatic hydroxyl groups is 1. The van der Waals surface area contributed by atoms with Crippen molar-refractivity contribution in [3.05, 3.63) is 106 Å². The summed E-state index contributed by atoms with van der Waals surface area (Å²) in [6, 6.07) is 24.6. The average Bonchev–Trinajstić information content (AvgIpc) is 3.36. The number of carbonyl (C=O) groups is 1. The summed E-state index contributed by atoms with van der Waals surface area (Å²) in [5, 5.41) is 13.4. The molecular formula is C37H42N2O5. The number of anilines is 2. The Labute approximate surface area is 260 Å². The summed E-state index contributed by atoms with van der Waals surface area (Å²) in [5.74, 6) is 1.13. The van der Waals surface area contributed by atoms with Crippen LogP contribution in [0.4, 0.5) is 16.2 Å². The van der Waals surface area contributed by atoms with Crippen LogP contribution in [0.2, 0.25) is 0 Å². The Balaban J connectivity index is 1.16. The summed E-state index contributed by atoms with van der Waals surface area (Å²) in [5.41, 5.74) is 10.0. The topological polar surface area (TPSA) is 80.3 Å². The molecule has 1 amide bonds. The van der Waals surface area contributed by atoms with Crippen molar-refractivity contribution in [1.29, 1.82) is 0 Å². The number of nitrogens with one attached hydrogen (secondary N) is 1. The van der Waals surface area contributed by atoms with E-state index in [0.717, 1.165) is 62.5 Å². The molecule has 1 aliphatic heterocycles. The maximum Gasteiger partial charge on any atom is 0.414 e. The summed E-state index contributed by atoms with van der Waals surface area (Å²) in [4.78, 5) is 14.4. The summed E-state index contributed by atoms with van der Waals surface area (Å²) < 4.78 is 17.4. The number of benzene rings is 4. The lowest BCUT2D eigenvalue weighted by molar-refractivity contribution is 0.0939. The highest BCUT2D eigenvalue weighted by Gasteiger charge is 2.33. The molecule has 1 saturated heterocycles. The number of rotatable bonds is 11. The second-order valence-electron chi connectivity index (χ2n) is 11.9. The minimum atomic E-state index is -0.374. The molecule has 230 valence electrons. The lowest BCUT2D eigenvalue weighted by atomic mass is 9.96. The zero-order chi connectivity index (χ0) is 31.4. The summed E-state index contributed by atoms with van der Waals surface area (Å²) in [6.07, 6.45) is 0.253. The summed E-state index contributed by atoms with van der Waals surface area (Å²) >= 11 is 0. The third-order valence-corrected chi connectivity index (χ3v) is 7.88. The van der Waals surface area contributed by atoms with Crippen molar-refractivity contribution in [2.75, 3.05) is 30.1 Å². The van der Waals surface area contributed by atoms with Gasteiger partial charge in [0, 0.05) is 11.4 Å². The summed E-state index contributed by atoms with van der Waals surface area (Å²) in [7, 11) is 0. The van der Waals surface area contributed by atoms with Gasteiger partial charge in [-0.3, -0.25) is 4.90 Å². The van der Waals surface area contributed by atoms with Crippen molar-refractivity contribution < 1.29 is 24.1 Å². The van der Waals surface area contributed by atoms with Crippen molar-refractivity contribution in [2.24, 2.45) is 0 Å². The van der Waals surface area contributed by atoms with E-state index in [1.807, 2.05) is 65.8 Å². The molecule has 1 heterocycles. The van der Waals surface area contributed by atoms with Crippen molar-refractivity contribution in [3.63, 3.8) is 0 Å². The highest BCUT2D eigenvalue weighted by atomic mass is 16.6. The number of hydrogen-bond donors (Lipinski definition) is 2. The van der Waals surface area contributed by atoms with Gasteiger partial charge in [0.05, 0.1) is 12.6 Å². The molecular weight excluding hydrogens is 552 g/mol. The first-order chi connectivity index (χ1) is 21.1. The standard InChI is InChI=1S/C37H42N2O5/c1-23(2)43-22-38-32-11-7-28(8-12-32)19-29-9-13-33(14-10-29)39-20-34(44-37(39)41)21-42-36-26(5)17-31(18-27(36)6)30-15-24(3)35(40)25(4)16-30/h7-18,23,34,38,40H,19-22H2,1-6H3. The lowest BCUT2D eigenvalue weighted by Gasteiger charge is -2.17. The van der Waals surface area contributed by atoms with Crippen LogP contribution in [-0.4, -0.2) is 43.3 Å². The van der Waals surface area contributed by atoms with Gasteiger partial charge in [0.25, 0.3) is 0 Å². The van der Waals surface area contributed by atoms with Crippen LogP contribution < -0.4 is 15.0 Å². The number of phenolic OH excluding ortho intramolecular Hbond substituents is 1. The largest absolute Gasteiger partial charge is 0.507 e. The Kier molecular flexibility index (Phi) is 9.45. The van der Waals surface area contributed by atoms with Gasteiger partial charge in [-0.25, -0.2) is 4.79 Å². The van der Waals surface area contributed by atoms with E-state index in [-0.39, 0.29) is 24.9 Å². The van der Waals surface area contributed by atoms with E-state index in [4.69, 9.17) is 14.2 Å². The minimum absolute atomic E-state index is 0.191. The predicted octanol–water partition coefficient (Wildman–Crippen LogP) is 8.08. The number of amides is 1. The first kappa shape index (κ1) is 31.0. The van der Waals surface area contributed by atoms with Gasteiger partial charge in [-0.1, -0.05) is 24.3 Å². The van der Waals surface area contributed by atoms with Gasteiger partial charge in [-0.05, 0) is 141 Å². The molecule has 0 aliphatic carbocycles. The molecule has 2 N–H and O–H groups in total. The number of aryl methyl sites for hydroxylation is 4. The molecule has 1 aliphatic rings. The highest BCUT2D eigenvalue weighted by molar-refractivity contribution is 5.89. The van der Waals surface area contributed by atoms with Crippen molar-refractivity contribution in [2.45, 2.75) is 60.2 Å². The zero-order valence-corrected chi connectivity index (χ0v) is 26.4. The molecule has 5 rings (SSSR count). The second kappa shape index (κ2) is 13.4. The third kappa shape index (κ3) is 7.34. The minimum Gasteiger partial charge on any atom is -0.507 e. The number of phenols is 1. The maximum atomic E-state index is 12.7. The van der Waals surface area contributed by atoms with Gasteiger partial charge < -0.3 is 24.6 Å². The van der Waals surface area contributed by atoms with Crippen LogP contribution in [0, 0.1) is 27.7 Å². The molecule has 4 aromatic carbocycles. The number of hydrogen-bond acceptors (Lipinski definition) is 6. The Morgan fingerprint density at radius 2 is 1.41 bits per heavy atom. The molecule has 7 heteroatoms. The fourth-order valence-electron chi connectivity index (χ4n) is 5.52. The quantitative estimate of drug-likeness (QED) is 0.171. The Hall–Kier alpha value is -4.49. The molecule has 0 radical (unpaired) electrons. The van der Waals surface area contributed by atoms with Gasteiger partial charge in [0.1, 0.15) is 24.8 Å². The lowest BCUT2D eigenvalue weighted by Crippen LogP contribution is -2.26. The molecule has 1 fully saturated rings. The molecule has 0 bridgehead atoms. The fraction of sp³-hybridized carbons (Fsp3) is 0.324. The second-order valence-corrected chi connectivity index (χ2v) is 11.9. The molecule has 1 unspecified atom stereocenters. The Bertz CT molecular complexity index is 1570. The fourth-order valence-corrected chi connectivity index (χ4v) is 5.52. The molecule has 7 nitrogen and oxygen atoms in total. The monoisotopic (exact) mass is 594 g/mol. The normalized spacial score (nSPS) is 14.7. The van der Waals surface area contributed by atoms with Crippen LogP contribution in [0.25, 0.3) is 11.1 Å². The van der Waals surface area contributed by atoms with Crippen molar-refractivity contribution >= 4 is 17.5 Å². The van der Waals surface area contributed by atoms with Gasteiger partial charge in [-0.2, -0.15) is 0 Å². The third-order valence-electron chi connectivity index (χ3n) is 7.88. The molecule has 0 spiro atoms. The van der Waals surface area contributed by atoms with Crippen molar-refractivity contribution in [3.8, 4) is 22.6 Å². The number of ether oxygens (including phenoxy) is 3. The summed E-state index contributed by atoms with van der Waals surface area (Å²) in [6.45, 7) is 13.1. The van der Waals surface area contributed by atoms with E-state index in [1.165, 1.54) is 5.56 Å². The Morgan fingerprint density at radius 1 is 0.864 bits per heavy atom. The smallest absolute Gasteiger partial charge is 0.414 e. The van der Waals surface area contributed by atoms with Crippen LogP contribution >= 0.6 is 0 Å². The van der Waals surface area contributed by atoms with Crippen LogP contribution in [-0.2, 0) is 15.9 Å². The number of nitrogens with zero attached hydrogens (tertiary/aromatic N) is 1. The molecule has 1 atom stereocenters. The van der Waals surface area contributed by atoms with Crippen LogP contribution in [0.5, 0.6) is 11.5 Å². The maximum absolute atomic E-state index is 12.7. The highest BCUT2D eigenvalue weighted by Crippen LogP contribution is 2.34. The van der Waals surface area contributed by atoms with Gasteiger partial charge >= 0.3 is 6.09 Å². The van der Waals surface area contributed by atoms with Gasteiger partial charge in [0.2, 0.25) is 0 Å². The first-order valence-corrected chi connectivity index (χ1v) is 15.1.